The molecule has 0 radical (unpaired) electrons. The molecule has 1 atom stereocenters. The monoisotopic (exact) mass is 707 g/mol. The molecule has 0 fully saturated rings. The van der Waals surface area contributed by atoms with Gasteiger partial charge in [0, 0.05) is 44.1 Å². The van der Waals surface area contributed by atoms with Crippen LogP contribution < -0.4 is 4.90 Å². The van der Waals surface area contributed by atoms with Gasteiger partial charge >= 0.3 is 0 Å². The van der Waals surface area contributed by atoms with E-state index in [1.807, 2.05) is 24.3 Å². The van der Waals surface area contributed by atoms with Crippen molar-refractivity contribution in [3.05, 3.63) is 211 Å². The van der Waals surface area contributed by atoms with E-state index < -0.39 is 0 Å². The van der Waals surface area contributed by atoms with Crippen molar-refractivity contribution in [3.63, 3.8) is 0 Å². The summed E-state index contributed by atoms with van der Waals surface area (Å²) < 4.78 is 13.3. The third kappa shape index (κ3) is 5.69. The molecule has 2 heterocycles. The molecule has 0 saturated heterocycles. The Kier molecular flexibility index (Phi) is 8.11. The topological polar surface area (TPSA) is 29.5 Å². The Morgan fingerprint density at radius 2 is 1.27 bits per heavy atom. The van der Waals surface area contributed by atoms with Gasteiger partial charge in [-0.2, -0.15) is 0 Å². The first-order valence-corrected chi connectivity index (χ1v) is 18.8. The van der Waals surface area contributed by atoms with E-state index in [0.29, 0.717) is 0 Å². The molecule has 0 bridgehead atoms. The molecule has 9 aromatic rings. The summed E-state index contributed by atoms with van der Waals surface area (Å²) in [7, 11) is 0. The van der Waals surface area contributed by atoms with Gasteiger partial charge in [-0.05, 0) is 76.6 Å². The van der Waals surface area contributed by atoms with E-state index in [1.165, 1.54) is 22.1 Å². The molecule has 1 aliphatic rings. The van der Waals surface area contributed by atoms with E-state index in [9.17, 15) is 0 Å². The zero-order chi connectivity index (χ0) is 36.7. The summed E-state index contributed by atoms with van der Waals surface area (Å²) in [5.74, 6) is 0.892. The van der Waals surface area contributed by atoms with Crippen molar-refractivity contribution >= 4 is 61.5 Å². The van der Waals surface area contributed by atoms with E-state index in [-0.39, 0.29) is 6.04 Å². The first kappa shape index (κ1) is 32.5. The molecule has 0 aliphatic heterocycles. The average Bonchev–Trinajstić information content (AvgIpc) is 3.83. The summed E-state index contributed by atoms with van der Waals surface area (Å²) in [6.07, 6.45) is 13.5. The highest BCUT2D eigenvalue weighted by atomic mass is 16.3. The van der Waals surface area contributed by atoms with Crippen LogP contribution in [0.4, 0.5) is 5.69 Å². The van der Waals surface area contributed by atoms with Crippen LogP contribution in [0.2, 0.25) is 0 Å². The molecule has 3 heteroatoms. The third-order valence-electron chi connectivity index (χ3n) is 10.8. The SMILES string of the molecule is C=C/C(=C\C=C\c1ccccc1)N(c1ccc(-c2cccc3c2oc2ccccc23)cc1)C1CC=Cc2oc3c(cc(-c4ccccc4)c4ccccc43)c21. The summed E-state index contributed by atoms with van der Waals surface area (Å²) in [5.41, 5.74) is 11.6. The van der Waals surface area contributed by atoms with Gasteiger partial charge in [-0.3, -0.25) is 0 Å². The maximum atomic E-state index is 6.82. The second kappa shape index (κ2) is 13.7. The summed E-state index contributed by atoms with van der Waals surface area (Å²) in [4.78, 5) is 2.42. The number of allylic oxidation sites excluding steroid dienone is 3. The second-order valence-electron chi connectivity index (χ2n) is 14.0. The van der Waals surface area contributed by atoms with Crippen LogP contribution in [-0.4, -0.2) is 0 Å². The number of rotatable bonds is 8. The number of benzene rings is 7. The molecule has 0 N–H and O–H groups in total. The highest BCUT2D eigenvalue weighted by Gasteiger charge is 2.31. The van der Waals surface area contributed by atoms with E-state index >= 15 is 0 Å². The molecule has 10 rings (SSSR count). The van der Waals surface area contributed by atoms with Crippen LogP contribution in [0.1, 0.15) is 29.3 Å². The Balaban J connectivity index is 1.14. The standard InChI is InChI=1S/C52H37NO2/c1-2-38(21-13-18-35-16-5-3-6-17-35)53(39-32-30-37(31-33-39)40-25-14-26-44-42-23-11-12-28-48(42)54-51(40)44)47-27-15-29-49-50(47)46-34-45(36-19-7-4-8-20-36)41-22-9-10-24-43(41)52(46)55-49/h2-26,28-34,47H,1,27H2/b18-13+,38-21+. The first-order chi connectivity index (χ1) is 27.2. The summed E-state index contributed by atoms with van der Waals surface area (Å²) in [5, 5.41) is 5.67. The normalized spacial score (nSPS) is 14.3. The molecule has 55 heavy (non-hydrogen) atoms. The molecule has 3 nitrogen and oxygen atoms in total. The van der Waals surface area contributed by atoms with Crippen LogP contribution in [0.15, 0.2) is 203 Å². The van der Waals surface area contributed by atoms with Gasteiger partial charge < -0.3 is 13.7 Å². The smallest absolute Gasteiger partial charge is 0.143 e. The Labute approximate surface area is 320 Å². The van der Waals surface area contributed by atoms with E-state index in [0.717, 1.165) is 78.5 Å². The molecule has 0 saturated carbocycles. The fourth-order valence-corrected chi connectivity index (χ4v) is 8.29. The van der Waals surface area contributed by atoms with Gasteiger partial charge in [-0.25, -0.2) is 0 Å². The quantitative estimate of drug-likeness (QED) is 0.147. The lowest BCUT2D eigenvalue weighted by molar-refractivity contribution is 0.579. The van der Waals surface area contributed by atoms with E-state index in [4.69, 9.17) is 8.83 Å². The molecule has 1 aliphatic carbocycles. The number of hydrogen-bond donors (Lipinski definition) is 0. The van der Waals surface area contributed by atoms with Crippen molar-refractivity contribution in [2.75, 3.05) is 4.90 Å². The van der Waals surface area contributed by atoms with Crippen molar-refractivity contribution in [2.24, 2.45) is 0 Å². The predicted molar refractivity (Wildman–Crippen MR) is 231 cm³/mol. The lowest BCUT2D eigenvalue weighted by atomic mass is 9.89. The van der Waals surface area contributed by atoms with Gasteiger partial charge in [0.2, 0.25) is 0 Å². The Bertz CT molecular complexity index is 2960. The fraction of sp³-hybridized carbons (Fsp3) is 0.0385. The predicted octanol–water partition coefficient (Wildman–Crippen LogP) is 14.6. The highest BCUT2D eigenvalue weighted by molar-refractivity contribution is 6.13. The molecule has 7 aromatic carbocycles. The molecule has 1 unspecified atom stereocenters. The zero-order valence-electron chi connectivity index (χ0n) is 30.2. The van der Waals surface area contributed by atoms with Crippen LogP contribution in [-0.2, 0) is 0 Å². The van der Waals surface area contributed by atoms with Crippen LogP contribution in [0.25, 0.3) is 78.1 Å². The number of para-hydroxylation sites is 2. The molecule has 262 valence electrons. The number of fused-ring (bicyclic) bond motifs is 8. The number of furan rings is 2. The van der Waals surface area contributed by atoms with E-state index in [2.05, 4.69) is 181 Å². The maximum absolute atomic E-state index is 6.82. The van der Waals surface area contributed by atoms with Gasteiger partial charge in [0.15, 0.2) is 0 Å². The minimum atomic E-state index is -0.0648. The van der Waals surface area contributed by atoms with Crippen LogP contribution >= 0.6 is 0 Å². The molecule has 0 spiro atoms. The molecule has 0 amide bonds. The average molecular weight is 708 g/mol. The van der Waals surface area contributed by atoms with Gasteiger partial charge in [-0.15, -0.1) is 0 Å². The zero-order valence-corrected chi connectivity index (χ0v) is 30.2. The fourth-order valence-electron chi connectivity index (χ4n) is 8.29. The van der Waals surface area contributed by atoms with Crippen LogP contribution in [0.5, 0.6) is 0 Å². The highest BCUT2D eigenvalue weighted by Crippen LogP contribution is 2.47. The summed E-state index contributed by atoms with van der Waals surface area (Å²) >= 11 is 0. The van der Waals surface area contributed by atoms with Crippen molar-refractivity contribution in [1.29, 1.82) is 0 Å². The van der Waals surface area contributed by atoms with E-state index in [1.54, 1.807) is 0 Å². The lowest BCUT2D eigenvalue weighted by Gasteiger charge is -2.35. The summed E-state index contributed by atoms with van der Waals surface area (Å²) in [6.45, 7) is 4.35. The minimum Gasteiger partial charge on any atom is -0.456 e. The van der Waals surface area contributed by atoms with Crippen molar-refractivity contribution in [3.8, 4) is 22.3 Å². The Morgan fingerprint density at radius 1 is 0.600 bits per heavy atom. The first-order valence-electron chi connectivity index (χ1n) is 18.8. The largest absolute Gasteiger partial charge is 0.456 e. The maximum Gasteiger partial charge on any atom is 0.143 e. The Morgan fingerprint density at radius 3 is 2.07 bits per heavy atom. The minimum absolute atomic E-state index is 0.0648. The van der Waals surface area contributed by atoms with Gasteiger partial charge in [0.05, 0.1) is 6.04 Å². The molecular formula is C52H37NO2. The molecule has 2 aromatic heterocycles. The lowest BCUT2D eigenvalue weighted by Crippen LogP contribution is -2.28. The number of hydrogen-bond acceptors (Lipinski definition) is 3. The number of anilines is 1. The molecular weight excluding hydrogens is 671 g/mol. The van der Waals surface area contributed by atoms with Crippen molar-refractivity contribution < 1.29 is 8.83 Å². The van der Waals surface area contributed by atoms with Gasteiger partial charge in [0.1, 0.15) is 22.5 Å². The van der Waals surface area contributed by atoms with Crippen LogP contribution in [0.3, 0.4) is 0 Å². The van der Waals surface area contributed by atoms with Gasteiger partial charge in [-0.1, -0.05) is 158 Å². The summed E-state index contributed by atoms with van der Waals surface area (Å²) in [6, 6.07) is 55.4. The second-order valence-corrected chi connectivity index (χ2v) is 14.0. The van der Waals surface area contributed by atoms with Crippen molar-refractivity contribution in [2.45, 2.75) is 12.5 Å². The number of nitrogens with zero attached hydrogens (tertiary/aromatic N) is 1. The van der Waals surface area contributed by atoms with Crippen molar-refractivity contribution in [1.82, 2.24) is 0 Å². The third-order valence-corrected chi connectivity index (χ3v) is 10.8. The van der Waals surface area contributed by atoms with Gasteiger partial charge in [0.25, 0.3) is 0 Å². The Hall–Kier alpha value is -7.10. The van der Waals surface area contributed by atoms with Crippen LogP contribution in [0, 0.1) is 0 Å².